The molecule has 0 aromatic heterocycles. The highest BCUT2D eigenvalue weighted by molar-refractivity contribution is 4.83. The molecule has 1 saturated carbocycles. The summed E-state index contributed by atoms with van der Waals surface area (Å²) in [5, 5.41) is 3.57. The van der Waals surface area contributed by atoms with Crippen molar-refractivity contribution in [3.05, 3.63) is 0 Å². The SMILES string of the molecule is CCCNCC1CCCN1CCC1CC1. The van der Waals surface area contributed by atoms with E-state index in [1.54, 1.807) is 0 Å². The predicted octanol–water partition coefficient (Wildman–Crippen LogP) is 2.25. The van der Waals surface area contributed by atoms with Crippen LogP contribution in [0.5, 0.6) is 0 Å². The summed E-state index contributed by atoms with van der Waals surface area (Å²) in [5.74, 6) is 1.09. The molecule has 1 atom stereocenters. The maximum absolute atomic E-state index is 3.57. The van der Waals surface area contributed by atoms with Gasteiger partial charge in [0, 0.05) is 12.6 Å². The van der Waals surface area contributed by atoms with Crippen LogP contribution >= 0.6 is 0 Å². The molecule has 0 bridgehead atoms. The molecule has 15 heavy (non-hydrogen) atoms. The van der Waals surface area contributed by atoms with Crippen LogP contribution in [-0.2, 0) is 0 Å². The molecule has 1 saturated heterocycles. The van der Waals surface area contributed by atoms with E-state index in [1.165, 1.54) is 64.7 Å². The van der Waals surface area contributed by atoms with Gasteiger partial charge in [-0.3, -0.25) is 4.90 Å². The molecule has 2 rings (SSSR count). The molecule has 0 spiro atoms. The van der Waals surface area contributed by atoms with Gasteiger partial charge in [-0.15, -0.1) is 0 Å². The lowest BCUT2D eigenvalue weighted by Crippen LogP contribution is -2.38. The highest BCUT2D eigenvalue weighted by atomic mass is 15.2. The fourth-order valence-electron chi connectivity index (χ4n) is 2.62. The van der Waals surface area contributed by atoms with Crippen LogP contribution in [0.2, 0.25) is 0 Å². The molecule has 88 valence electrons. The minimum absolute atomic E-state index is 0.843. The van der Waals surface area contributed by atoms with Crippen LogP contribution in [0.4, 0.5) is 0 Å². The fraction of sp³-hybridized carbons (Fsp3) is 1.00. The van der Waals surface area contributed by atoms with E-state index in [1.807, 2.05) is 0 Å². The Morgan fingerprint density at radius 3 is 2.87 bits per heavy atom. The molecule has 0 aromatic rings. The molecule has 2 nitrogen and oxygen atoms in total. The highest BCUT2D eigenvalue weighted by Crippen LogP contribution is 2.33. The van der Waals surface area contributed by atoms with Crippen molar-refractivity contribution in [1.82, 2.24) is 10.2 Å². The third-order valence-corrected chi connectivity index (χ3v) is 3.83. The highest BCUT2D eigenvalue weighted by Gasteiger charge is 2.27. The molecule has 1 heterocycles. The van der Waals surface area contributed by atoms with E-state index in [0.29, 0.717) is 0 Å². The lowest BCUT2D eigenvalue weighted by atomic mass is 10.2. The quantitative estimate of drug-likeness (QED) is 0.648. The normalized spacial score (nSPS) is 27.4. The van der Waals surface area contributed by atoms with Crippen LogP contribution in [0, 0.1) is 5.92 Å². The van der Waals surface area contributed by atoms with E-state index in [2.05, 4.69) is 17.1 Å². The van der Waals surface area contributed by atoms with E-state index < -0.39 is 0 Å². The molecule has 2 aliphatic rings. The number of nitrogens with one attached hydrogen (secondary N) is 1. The topological polar surface area (TPSA) is 15.3 Å². The van der Waals surface area contributed by atoms with E-state index in [4.69, 9.17) is 0 Å². The Bertz CT molecular complexity index is 177. The van der Waals surface area contributed by atoms with Gasteiger partial charge in [0.15, 0.2) is 0 Å². The summed E-state index contributed by atoms with van der Waals surface area (Å²) >= 11 is 0. The summed E-state index contributed by atoms with van der Waals surface area (Å²) in [7, 11) is 0. The molecule has 0 aromatic carbocycles. The zero-order valence-electron chi connectivity index (χ0n) is 10.2. The van der Waals surface area contributed by atoms with Crippen molar-refractivity contribution in [1.29, 1.82) is 0 Å². The second kappa shape index (κ2) is 5.86. The molecular formula is C13H26N2. The molecular weight excluding hydrogens is 184 g/mol. The molecule has 2 fully saturated rings. The number of hydrogen-bond acceptors (Lipinski definition) is 2. The van der Waals surface area contributed by atoms with Crippen molar-refractivity contribution in [2.24, 2.45) is 5.92 Å². The monoisotopic (exact) mass is 210 g/mol. The summed E-state index contributed by atoms with van der Waals surface area (Å²) in [6.07, 6.45) is 8.57. The largest absolute Gasteiger partial charge is 0.315 e. The van der Waals surface area contributed by atoms with Crippen molar-refractivity contribution >= 4 is 0 Å². The Morgan fingerprint density at radius 2 is 2.13 bits per heavy atom. The standard InChI is InChI=1S/C13H26N2/c1-2-8-14-11-13-4-3-9-15(13)10-7-12-5-6-12/h12-14H,2-11H2,1H3. The number of likely N-dealkylation sites (tertiary alicyclic amines) is 1. The number of hydrogen-bond donors (Lipinski definition) is 1. The smallest absolute Gasteiger partial charge is 0.0221 e. The molecule has 0 amide bonds. The Labute approximate surface area is 94.4 Å². The zero-order chi connectivity index (χ0) is 10.5. The van der Waals surface area contributed by atoms with Gasteiger partial charge in [0.2, 0.25) is 0 Å². The minimum Gasteiger partial charge on any atom is -0.315 e. The first kappa shape index (κ1) is 11.4. The Balaban J connectivity index is 1.62. The van der Waals surface area contributed by atoms with Gasteiger partial charge < -0.3 is 5.32 Å². The van der Waals surface area contributed by atoms with E-state index in [9.17, 15) is 0 Å². The summed E-state index contributed by atoms with van der Waals surface area (Å²) in [5.41, 5.74) is 0. The Hall–Kier alpha value is -0.0800. The van der Waals surface area contributed by atoms with Gasteiger partial charge >= 0.3 is 0 Å². The van der Waals surface area contributed by atoms with E-state index in [-0.39, 0.29) is 0 Å². The fourth-order valence-corrected chi connectivity index (χ4v) is 2.62. The van der Waals surface area contributed by atoms with Crippen LogP contribution in [0.25, 0.3) is 0 Å². The molecule has 1 aliphatic carbocycles. The third kappa shape index (κ3) is 3.76. The first-order valence-electron chi connectivity index (χ1n) is 6.85. The lowest BCUT2D eigenvalue weighted by Gasteiger charge is -2.24. The minimum atomic E-state index is 0.843. The molecule has 1 N–H and O–H groups in total. The zero-order valence-corrected chi connectivity index (χ0v) is 10.2. The van der Waals surface area contributed by atoms with Gasteiger partial charge in [0.05, 0.1) is 0 Å². The average molecular weight is 210 g/mol. The first-order chi connectivity index (χ1) is 7.40. The van der Waals surface area contributed by atoms with Crippen molar-refractivity contribution in [3.63, 3.8) is 0 Å². The second-order valence-electron chi connectivity index (χ2n) is 5.27. The Kier molecular flexibility index (Phi) is 4.45. The number of nitrogens with zero attached hydrogens (tertiary/aromatic N) is 1. The van der Waals surface area contributed by atoms with E-state index >= 15 is 0 Å². The van der Waals surface area contributed by atoms with Gasteiger partial charge in [0.25, 0.3) is 0 Å². The molecule has 2 heteroatoms. The Morgan fingerprint density at radius 1 is 1.27 bits per heavy atom. The summed E-state index contributed by atoms with van der Waals surface area (Å²) < 4.78 is 0. The van der Waals surface area contributed by atoms with Gasteiger partial charge in [-0.25, -0.2) is 0 Å². The van der Waals surface area contributed by atoms with Crippen LogP contribution in [-0.4, -0.2) is 37.1 Å². The summed E-state index contributed by atoms with van der Waals surface area (Å²) in [6, 6.07) is 0.843. The van der Waals surface area contributed by atoms with Crippen LogP contribution in [0.3, 0.4) is 0 Å². The van der Waals surface area contributed by atoms with Crippen LogP contribution in [0.1, 0.15) is 45.4 Å². The lowest BCUT2D eigenvalue weighted by molar-refractivity contribution is 0.240. The van der Waals surface area contributed by atoms with Crippen molar-refractivity contribution in [3.8, 4) is 0 Å². The third-order valence-electron chi connectivity index (χ3n) is 3.83. The van der Waals surface area contributed by atoms with Gasteiger partial charge in [-0.05, 0) is 51.2 Å². The molecule has 1 unspecified atom stereocenters. The second-order valence-corrected chi connectivity index (χ2v) is 5.27. The molecule has 1 aliphatic heterocycles. The van der Waals surface area contributed by atoms with E-state index in [0.717, 1.165) is 12.0 Å². The number of rotatable bonds is 7. The van der Waals surface area contributed by atoms with Crippen LogP contribution < -0.4 is 5.32 Å². The summed E-state index contributed by atoms with van der Waals surface area (Å²) in [6.45, 7) is 7.37. The van der Waals surface area contributed by atoms with Gasteiger partial charge in [-0.2, -0.15) is 0 Å². The predicted molar refractivity (Wildman–Crippen MR) is 65.1 cm³/mol. The summed E-state index contributed by atoms with van der Waals surface area (Å²) in [4.78, 5) is 2.72. The van der Waals surface area contributed by atoms with Crippen LogP contribution in [0.15, 0.2) is 0 Å². The average Bonchev–Trinajstić information content (AvgIpc) is 2.97. The van der Waals surface area contributed by atoms with Crippen molar-refractivity contribution < 1.29 is 0 Å². The van der Waals surface area contributed by atoms with Crippen molar-refractivity contribution in [2.45, 2.75) is 51.5 Å². The maximum Gasteiger partial charge on any atom is 0.0221 e. The van der Waals surface area contributed by atoms with Gasteiger partial charge in [0.1, 0.15) is 0 Å². The first-order valence-corrected chi connectivity index (χ1v) is 6.85. The maximum atomic E-state index is 3.57. The molecule has 0 radical (unpaired) electrons. The van der Waals surface area contributed by atoms with Crippen molar-refractivity contribution in [2.75, 3.05) is 26.2 Å². The van der Waals surface area contributed by atoms with Gasteiger partial charge in [-0.1, -0.05) is 19.8 Å².